The molecule has 0 spiro atoms. The summed E-state index contributed by atoms with van der Waals surface area (Å²) >= 11 is 0.997. The first-order valence-corrected chi connectivity index (χ1v) is 11.9. The van der Waals surface area contributed by atoms with E-state index in [2.05, 4.69) is 57.6 Å². The van der Waals surface area contributed by atoms with Gasteiger partial charge in [0, 0.05) is 32.7 Å². The predicted octanol–water partition coefficient (Wildman–Crippen LogP) is 2.85. The zero-order chi connectivity index (χ0) is 24.2. The van der Waals surface area contributed by atoms with Gasteiger partial charge in [0.15, 0.2) is 0 Å². The number of nitrogens with one attached hydrogen (secondary N) is 1. The Morgan fingerprint density at radius 1 is 1.03 bits per heavy atom. The highest BCUT2D eigenvalue weighted by atomic mass is 32.1. The predicted molar refractivity (Wildman–Crippen MR) is 133 cm³/mol. The van der Waals surface area contributed by atoms with E-state index in [0.29, 0.717) is 5.56 Å². The Hall–Kier alpha value is -3.27. The summed E-state index contributed by atoms with van der Waals surface area (Å²) < 4.78 is 4.82. The number of hydrogen-bond acceptors (Lipinski definition) is 7. The third-order valence-corrected chi connectivity index (χ3v) is 7.34. The SMILES string of the molecule is COC(=O)c1c(NC(=O)CN2CCN(Cc3cccc4ccccc34)CC2)sc(C(N)=O)c1C. The Kier molecular flexibility index (Phi) is 7.26. The zero-order valence-electron chi connectivity index (χ0n) is 19.3. The highest BCUT2D eigenvalue weighted by Crippen LogP contribution is 2.33. The number of nitrogens with two attached hydrogens (primary N) is 1. The summed E-state index contributed by atoms with van der Waals surface area (Å²) in [5.41, 5.74) is 7.31. The number of carbonyl (C=O) groups is 3. The van der Waals surface area contributed by atoms with Crippen LogP contribution in [0.5, 0.6) is 0 Å². The number of methoxy groups -OCH3 is 1. The average Bonchev–Trinajstić information content (AvgIpc) is 3.15. The number of nitrogens with zero attached hydrogens (tertiary/aromatic N) is 2. The zero-order valence-corrected chi connectivity index (χ0v) is 20.1. The van der Waals surface area contributed by atoms with E-state index >= 15 is 0 Å². The lowest BCUT2D eigenvalue weighted by Crippen LogP contribution is -2.48. The normalized spacial score (nSPS) is 14.8. The number of anilines is 1. The molecule has 0 atom stereocenters. The molecule has 1 aliphatic rings. The number of carbonyl (C=O) groups excluding carboxylic acids is 3. The highest BCUT2D eigenvalue weighted by Gasteiger charge is 2.26. The van der Waals surface area contributed by atoms with Gasteiger partial charge in [-0.25, -0.2) is 4.79 Å². The van der Waals surface area contributed by atoms with Crippen LogP contribution in [0.4, 0.5) is 5.00 Å². The number of benzene rings is 2. The van der Waals surface area contributed by atoms with E-state index in [1.54, 1.807) is 6.92 Å². The molecule has 0 bridgehead atoms. The average molecular weight is 481 g/mol. The lowest BCUT2D eigenvalue weighted by Gasteiger charge is -2.34. The first-order valence-electron chi connectivity index (χ1n) is 11.1. The lowest BCUT2D eigenvalue weighted by molar-refractivity contribution is -0.117. The van der Waals surface area contributed by atoms with Crippen molar-refractivity contribution in [3.05, 3.63) is 64.0 Å². The first-order chi connectivity index (χ1) is 16.4. The summed E-state index contributed by atoms with van der Waals surface area (Å²) in [4.78, 5) is 41.3. The lowest BCUT2D eigenvalue weighted by atomic mass is 10.0. The minimum Gasteiger partial charge on any atom is -0.465 e. The number of thiophene rings is 1. The third-order valence-electron chi connectivity index (χ3n) is 6.12. The molecule has 2 amide bonds. The fourth-order valence-corrected chi connectivity index (χ4v) is 5.39. The van der Waals surface area contributed by atoms with Crippen LogP contribution in [-0.4, -0.2) is 67.4 Å². The summed E-state index contributed by atoms with van der Waals surface area (Å²) in [7, 11) is 1.26. The second-order valence-electron chi connectivity index (χ2n) is 8.35. The van der Waals surface area contributed by atoms with Crippen LogP contribution in [0.1, 0.15) is 31.2 Å². The standard InChI is InChI=1S/C25H28N4O4S/c1-16-21(25(32)33-2)24(34-22(16)23(26)31)27-20(30)15-29-12-10-28(11-13-29)14-18-8-5-7-17-6-3-4-9-19(17)18/h3-9H,10-15H2,1-2H3,(H2,26,31)(H,27,30). The van der Waals surface area contributed by atoms with Crippen molar-refractivity contribution in [1.29, 1.82) is 0 Å². The Balaban J connectivity index is 1.35. The summed E-state index contributed by atoms with van der Waals surface area (Å²) in [6.45, 7) is 5.92. The van der Waals surface area contributed by atoms with Gasteiger partial charge < -0.3 is 15.8 Å². The van der Waals surface area contributed by atoms with Crippen LogP contribution in [0, 0.1) is 6.92 Å². The van der Waals surface area contributed by atoms with Crippen molar-refractivity contribution >= 4 is 44.9 Å². The number of primary amides is 1. The van der Waals surface area contributed by atoms with Gasteiger partial charge in [-0.2, -0.15) is 0 Å². The van der Waals surface area contributed by atoms with E-state index < -0.39 is 11.9 Å². The molecule has 0 unspecified atom stereocenters. The van der Waals surface area contributed by atoms with E-state index in [-0.39, 0.29) is 27.9 Å². The van der Waals surface area contributed by atoms with Gasteiger partial charge in [-0.15, -0.1) is 11.3 Å². The van der Waals surface area contributed by atoms with Crippen LogP contribution in [0.25, 0.3) is 10.8 Å². The molecular weight excluding hydrogens is 452 g/mol. The minimum atomic E-state index is -0.643. The van der Waals surface area contributed by atoms with Gasteiger partial charge in [0.25, 0.3) is 5.91 Å². The van der Waals surface area contributed by atoms with Crippen molar-refractivity contribution in [3.63, 3.8) is 0 Å². The molecule has 0 saturated carbocycles. The molecule has 1 saturated heterocycles. The van der Waals surface area contributed by atoms with Crippen molar-refractivity contribution in [3.8, 4) is 0 Å². The molecule has 178 valence electrons. The summed E-state index contributed by atoms with van der Waals surface area (Å²) in [5.74, 6) is -1.50. The van der Waals surface area contributed by atoms with Crippen molar-refractivity contribution in [2.24, 2.45) is 5.73 Å². The van der Waals surface area contributed by atoms with Crippen LogP contribution in [0.3, 0.4) is 0 Å². The number of piperazine rings is 1. The third kappa shape index (κ3) is 5.11. The molecule has 2 aromatic carbocycles. The smallest absolute Gasteiger partial charge is 0.341 e. The molecule has 0 radical (unpaired) electrons. The van der Waals surface area contributed by atoms with E-state index in [1.807, 2.05) is 0 Å². The Labute approximate surface area is 202 Å². The van der Waals surface area contributed by atoms with Gasteiger partial charge in [-0.1, -0.05) is 42.5 Å². The van der Waals surface area contributed by atoms with Crippen molar-refractivity contribution in [2.75, 3.05) is 45.2 Å². The molecule has 1 aliphatic heterocycles. The molecule has 0 aliphatic carbocycles. The van der Waals surface area contributed by atoms with Gasteiger partial charge in [0.2, 0.25) is 5.91 Å². The van der Waals surface area contributed by atoms with Gasteiger partial charge in [-0.05, 0) is 28.8 Å². The van der Waals surface area contributed by atoms with E-state index in [4.69, 9.17) is 10.5 Å². The molecule has 3 N–H and O–H groups in total. The van der Waals surface area contributed by atoms with Crippen LogP contribution in [0.2, 0.25) is 0 Å². The maximum Gasteiger partial charge on any atom is 0.341 e. The number of fused-ring (bicyclic) bond motifs is 1. The topological polar surface area (TPSA) is 105 Å². The molecule has 2 heterocycles. The maximum absolute atomic E-state index is 12.7. The van der Waals surface area contributed by atoms with Crippen molar-refractivity contribution < 1.29 is 19.1 Å². The largest absolute Gasteiger partial charge is 0.465 e. The van der Waals surface area contributed by atoms with E-state index in [1.165, 1.54) is 23.4 Å². The van der Waals surface area contributed by atoms with Crippen molar-refractivity contribution in [1.82, 2.24) is 9.80 Å². The van der Waals surface area contributed by atoms with E-state index in [0.717, 1.165) is 44.1 Å². The van der Waals surface area contributed by atoms with Crippen LogP contribution in [-0.2, 0) is 16.1 Å². The number of esters is 1. The number of amides is 2. The Morgan fingerprint density at radius 3 is 2.41 bits per heavy atom. The Bertz CT molecular complexity index is 1230. The van der Waals surface area contributed by atoms with Crippen molar-refractivity contribution in [2.45, 2.75) is 13.5 Å². The number of hydrogen-bond donors (Lipinski definition) is 2. The monoisotopic (exact) mass is 480 g/mol. The second-order valence-corrected chi connectivity index (χ2v) is 9.38. The number of rotatable bonds is 7. The summed E-state index contributed by atoms with van der Waals surface area (Å²) in [6, 6.07) is 14.8. The first kappa shape index (κ1) is 23.9. The van der Waals surface area contributed by atoms with Gasteiger partial charge in [0.1, 0.15) is 5.00 Å². The summed E-state index contributed by atoms with van der Waals surface area (Å²) in [6.07, 6.45) is 0. The summed E-state index contributed by atoms with van der Waals surface area (Å²) in [5, 5.41) is 5.58. The molecule has 3 aromatic rings. The fraction of sp³-hybridized carbons (Fsp3) is 0.320. The van der Waals surface area contributed by atoms with Crippen LogP contribution in [0.15, 0.2) is 42.5 Å². The molecule has 1 aromatic heterocycles. The second kappa shape index (κ2) is 10.3. The van der Waals surface area contributed by atoms with Gasteiger partial charge in [0.05, 0.1) is 24.1 Å². The minimum absolute atomic E-state index is 0.176. The molecule has 9 heteroatoms. The van der Waals surface area contributed by atoms with E-state index in [9.17, 15) is 14.4 Å². The van der Waals surface area contributed by atoms with Gasteiger partial charge in [-0.3, -0.25) is 19.4 Å². The molecular formula is C25H28N4O4S. The quantitative estimate of drug-likeness (QED) is 0.504. The highest BCUT2D eigenvalue weighted by molar-refractivity contribution is 7.18. The number of ether oxygens (including phenoxy) is 1. The Morgan fingerprint density at radius 2 is 1.71 bits per heavy atom. The van der Waals surface area contributed by atoms with Gasteiger partial charge >= 0.3 is 5.97 Å². The van der Waals surface area contributed by atoms with Crippen LogP contribution >= 0.6 is 11.3 Å². The van der Waals surface area contributed by atoms with Crippen LogP contribution < -0.4 is 11.1 Å². The molecule has 1 fully saturated rings. The molecule has 8 nitrogen and oxygen atoms in total. The molecule has 34 heavy (non-hydrogen) atoms. The molecule has 4 rings (SSSR count). The fourth-order valence-electron chi connectivity index (χ4n) is 4.33. The maximum atomic E-state index is 12.7.